The maximum absolute atomic E-state index is 12.5. The Morgan fingerprint density at radius 1 is 1.10 bits per heavy atom. The van der Waals surface area contributed by atoms with Crippen LogP contribution in [0.4, 0.5) is 5.82 Å². The first kappa shape index (κ1) is 22.9. The molecule has 4 rings (SSSR count). The van der Waals surface area contributed by atoms with Crippen LogP contribution in [0.15, 0.2) is 66.9 Å². The number of halogens is 2. The highest BCUT2D eigenvalue weighted by Gasteiger charge is 2.24. The number of anilines is 1. The van der Waals surface area contributed by atoms with Crippen LogP contribution in [-0.2, 0) is 11.2 Å². The van der Waals surface area contributed by atoms with Gasteiger partial charge in [-0.25, -0.2) is 4.68 Å². The van der Waals surface area contributed by atoms with Crippen LogP contribution in [0.2, 0.25) is 0 Å². The average molecular weight is 433 g/mol. The van der Waals surface area contributed by atoms with Gasteiger partial charge in [0.2, 0.25) is 5.91 Å². The molecular formula is C22H26Cl2N4O. The molecule has 1 aromatic heterocycles. The Labute approximate surface area is 183 Å². The van der Waals surface area contributed by atoms with Crippen molar-refractivity contribution >= 4 is 36.5 Å². The Hall–Kier alpha value is -2.34. The first-order chi connectivity index (χ1) is 13.2. The Morgan fingerprint density at radius 2 is 1.83 bits per heavy atom. The molecule has 0 bridgehead atoms. The van der Waals surface area contributed by atoms with Crippen LogP contribution in [-0.4, -0.2) is 15.7 Å². The summed E-state index contributed by atoms with van der Waals surface area (Å²) in [7, 11) is 0. The minimum absolute atomic E-state index is 0. The van der Waals surface area contributed by atoms with E-state index in [9.17, 15) is 4.79 Å². The van der Waals surface area contributed by atoms with Crippen LogP contribution in [0.5, 0.6) is 0 Å². The van der Waals surface area contributed by atoms with E-state index in [1.165, 1.54) is 11.1 Å². The summed E-state index contributed by atoms with van der Waals surface area (Å²) in [6, 6.07) is 19.9. The molecule has 1 aliphatic rings. The lowest BCUT2D eigenvalue weighted by Crippen LogP contribution is -2.24. The molecule has 1 heterocycles. The summed E-state index contributed by atoms with van der Waals surface area (Å²) in [4.78, 5) is 12.5. The third kappa shape index (κ3) is 5.18. The monoisotopic (exact) mass is 432 g/mol. The first-order valence-electron chi connectivity index (χ1n) is 9.44. The molecular weight excluding hydrogens is 407 g/mol. The summed E-state index contributed by atoms with van der Waals surface area (Å²) in [5.41, 5.74) is 9.81. The molecule has 5 nitrogen and oxygen atoms in total. The van der Waals surface area contributed by atoms with E-state index in [1.54, 1.807) is 6.20 Å². The van der Waals surface area contributed by atoms with Crippen LogP contribution in [0.1, 0.15) is 48.0 Å². The molecule has 0 fully saturated rings. The molecule has 0 saturated carbocycles. The number of fused-ring (bicyclic) bond motifs is 1. The second-order valence-electron chi connectivity index (χ2n) is 7.04. The molecule has 154 valence electrons. The fraction of sp³-hybridized carbons (Fsp3) is 0.273. The van der Waals surface area contributed by atoms with E-state index in [-0.39, 0.29) is 49.2 Å². The number of benzene rings is 2. The summed E-state index contributed by atoms with van der Waals surface area (Å²) in [5.74, 6) is 0.624. The molecule has 2 unspecified atom stereocenters. The highest BCUT2D eigenvalue weighted by atomic mass is 35.5. The Morgan fingerprint density at radius 3 is 2.62 bits per heavy atom. The zero-order valence-corrected chi connectivity index (χ0v) is 17.7. The quantitative estimate of drug-likeness (QED) is 0.614. The number of aryl methyl sites for hydroxylation is 1. The normalized spacial score (nSPS) is 16.0. The molecule has 3 aromatic rings. The zero-order valence-electron chi connectivity index (χ0n) is 16.0. The van der Waals surface area contributed by atoms with E-state index in [4.69, 9.17) is 5.73 Å². The highest BCUT2D eigenvalue weighted by molar-refractivity contribution is 5.90. The highest BCUT2D eigenvalue weighted by Crippen LogP contribution is 2.34. The molecule has 0 aliphatic heterocycles. The van der Waals surface area contributed by atoms with Crippen LogP contribution in [0, 0.1) is 0 Å². The lowest BCUT2D eigenvalue weighted by atomic mass is 9.88. The maximum Gasteiger partial charge on any atom is 0.227 e. The largest absolute Gasteiger partial charge is 0.324 e. The first-order valence-corrected chi connectivity index (χ1v) is 9.44. The van der Waals surface area contributed by atoms with Crippen molar-refractivity contribution in [3.8, 4) is 0 Å². The summed E-state index contributed by atoms with van der Waals surface area (Å²) in [6.07, 6.45) is 5.21. The number of nitrogens with one attached hydrogen (secondary N) is 1. The number of nitrogens with zero attached hydrogens (tertiary/aromatic N) is 2. The minimum Gasteiger partial charge on any atom is -0.324 e. The van der Waals surface area contributed by atoms with Gasteiger partial charge in [0.15, 0.2) is 0 Å². The molecule has 29 heavy (non-hydrogen) atoms. The molecule has 1 amide bonds. The van der Waals surface area contributed by atoms with E-state index in [0.717, 1.165) is 30.6 Å². The van der Waals surface area contributed by atoms with Crippen LogP contribution in [0.25, 0.3) is 0 Å². The van der Waals surface area contributed by atoms with E-state index >= 15 is 0 Å². The van der Waals surface area contributed by atoms with E-state index < -0.39 is 0 Å². The Kier molecular flexibility index (Phi) is 8.26. The number of hydrogen-bond donors (Lipinski definition) is 2. The molecule has 0 radical (unpaired) electrons. The third-order valence-corrected chi connectivity index (χ3v) is 5.20. The van der Waals surface area contributed by atoms with Crippen molar-refractivity contribution in [1.29, 1.82) is 0 Å². The lowest BCUT2D eigenvalue weighted by Gasteiger charge is -2.27. The molecule has 0 spiro atoms. The molecule has 1 aliphatic carbocycles. The lowest BCUT2D eigenvalue weighted by molar-refractivity contribution is -0.116. The molecule has 2 atom stereocenters. The van der Waals surface area contributed by atoms with Crippen molar-refractivity contribution in [3.63, 3.8) is 0 Å². The van der Waals surface area contributed by atoms with Gasteiger partial charge in [-0.05, 0) is 36.0 Å². The smallest absolute Gasteiger partial charge is 0.227 e. The number of rotatable bonds is 5. The van der Waals surface area contributed by atoms with Crippen molar-refractivity contribution in [3.05, 3.63) is 83.6 Å². The second kappa shape index (κ2) is 10.4. The van der Waals surface area contributed by atoms with E-state index in [2.05, 4.69) is 34.7 Å². The predicted molar refractivity (Wildman–Crippen MR) is 121 cm³/mol. The topological polar surface area (TPSA) is 72.9 Å². The number of carbonyl (C=O) groups excluding carboxylic acids is 1. The van der Waals surface area contributed by atoms with Gasteiger partial charge in [0, 0.05) is 18.5 Å². The van der Waals surface area contributed by atoms with Crippen molar-refractivity contribution in [2.75, 3.05) is 5.32 Å². The number of nitrogens with two attached hydrogens (primary N) is 1. The van der Waals surface area contributed by atoms with Gasteiger partial charge in [-0.3, -0.25) is 4.79 Å². The van der Waals surface area contributed by atoms with Gasteiger partial charge in [-0.15, -0.1) is 24.8 Å². The van der Waals surface area contributed by atoms with Gasteiger partial charge in [-0.2, -0.15) is 5.10 Å². The second-order valence-corrected chi connectivity index (χ2v) is 7.04. The molecule has 7 heteroatoms. The van der Waals surface area contributed by atoms with Crippen LogP contribution < -0.4 is 11.1 Å². The van der Waals surface area contributed by atoms with Crippen molar-refractivity contribution < 1.29 is 4.79 Å². The average Bonchev–Trinajstić information content (AvgIpc) is 3.15. The van der Waals surface area contributed by atoms with Crippen molar-refractivity contribution in [2.24, 2.45) is 5.73 Å². The minimum atomic E-state index is -0.321. The predicted octanol–water partition coefficient (Wildman–Crippen LogP) is 4.68. The maximum atomic E-state index is 12.5. The number of aromatic nitrogens is 2. The van der Waals surface area contributed by atoms with Gasteiger partial charge >= 0.3 is 0 Å². The summed E-state index contributed by atoms with van der Waals surface area (Å²) < 4.78 is 1.93. The van der Waals surface area contributed by atoms with Gasteiger partial charge in [0.25, 0.3) is 0 Å². The summed E-state index contributed by atoms with van der Waals surface area (Å²) in [6.45, 7) is 0. The SMILES string of the molecule is Cl.Cl.NC(CC(=O)Nc1ccnn1C1CCCc2ccccc21)c1ccccc1. The van der Waals surface area contributed by atoms with Crippen LogP contribution in [0.3, 0.4) is 0 Å². The van der Waals surface area contributed by atoms with Crippen molar-refractivity contribution in [1.82, 2.24) is 9.78 Å². The summed E-state index contributed by atoms with van der Waals surface area (Å²) >= 11 is 0. The molecule has 3 N–H and O–H groups in total. The number of amides is 1. The van der Waals surface area contributed by atoms with Gasteiger partial charge in [0.05, 0.1) is 12.2 Å². The van der Waals surface area contributed by atoms with Crippen molar-refractivity contribution in [2.45, 2.75) is 37.8 Å². The number of hydrogen-bond acceptors (Lipinski definition) is 3. The Balaban J connectivity index is 0.00000150. The zero-order chi connectivity index (χ0) is 18.6. The fourth-order valence-corrected chi connectivity index (χ4v) is 3.86. The fourth-order valence-electron chi connectivity index (χ4n) is 3.86. The van der Waals surface area contributed by atoms with Gasteiger partial charge in [0.1, 0.15) is 5.82 Å². The van der Waals surface area contributed by atoms with Crippen LogP contribution >= 0.6 is 24.8 Å². The number of carbonyl (C=O) groups is 1. The molecule has 2 aromatic carbocycles. The summed E-state index contributed by atoms with van der Waals surface area (Å²) in [5, 5.41) is 7.50. The van der Waals surface area contributed by atoms with Gasteiger partial charge in [-0.1, -0.05) is 54.6 Å². The Bertz CT molecular complexity index is 929. The van der Waals surface area contributed by atoms with Gasteiger partial charge < -0.3 is 11.1 Å². The van der Waals surface area contributed by atoms with E-state index in [1.807, 2.05) is 41.1 Å². The van der Waals surface area contributed by atoms with E-state index in [0.29, 0.717) is 0 Å². The third-order valence-electron chi connectivity index (χ3n) is 5.20. The standard InChI is InChI=1S/C22H24N4O.2ClH/c23-19(17-8-2-1-3-9-17)15-22(27)25-21-13-14-24-26(21)20-12-6-10-16-7-4-5-11-18(16)20;;/h1-5,7-9,11,13-14,19-20H,6,10,12,15,23H2,(H,25,27);2*1H. The molecule has 0 saturated heterocycles.